The van der Waals surface area contributed by atoms with Crippen molar-refractivity contribution < 1.29 is 57.5 Å². The van der Waals surface area contributed by atoms with Crippen LogP contribution in [0.1, 0.15) is 138 Å². The van der Waals surface area contributed by atoms with Gasteiger partial charge in [0.15, 0.2) is 5.78 Å². The number of hydrogen-bond donors (Lipinski definition) is 13. The average Bonchev–Trinajstić information content (AvgIpc) is 1.65. The molecule has 3 saturated heterocycles. The molecule has 28 nitrogen and oxygen atoms in total. The molecule has 110 heavy (non-hydrogen) atoms. The van der Waals surface area contributed by atoms with Crippen LogP contribution in [0.2, 0.25) is 0 Å². The van der Waals surface area contributed by atoms with Crippen molar-refractivity contribution in [1.82, 2.24) is 62.1 Å². The SMILES string of the molecule is C[C@@H]1CC(=O)[C@@H]2CSSC[C@H](NC(=O)[C@H](Cc3c[nH]c4ccccc34)NC(=O)[C@H](CCCCN)NC(=O)[C@H](CCCCN)NC(=O)[C@H](CCCCN)CC1=O)C(=O)N1CCC[C@H]1C(=O)N[C@@H](Cc1cnc[nH]1)C(=O)N[C@H](Cc1ccccc1)C(=O)N[C@@H](CC1=CCC=N1)C(=O)C[C@@H](Cc1c[nH]c3ccccc13)C(=O)C2. The van der Waals surface area contributed by atoms with E-state index in [9.17, 15) is 14.4 Å². The highest BCUT2D eigenvalue weighted by Gasteiger charge is 2.43. The van der Waals surface area contributed by atoms with Crippen molar-refractivity contribution in [2.24, 2.45) is 45.9 Å². The third kappa shape index (κ3) is 23.2. The van der Waals surface area contributed by atoms with Crippen LogP contribution in [0, 0.1) is 23.7 Å². The van der Waals surface area contributed by atoms with Gasteiger partial charge in [0.2, 0.25) is 47.3 Å². The number of Topliss-reactive ketones (excluding diaryl/α,β-unsaturated/α-hetero) is 4. The monoisotopic (exact) mass is 1540 g/mol. The number of nitrogens with zero attached hydrogens (tertiary/aromatic N) is 3. The lowest BCUT2D eigenvalue weighted by molar-refractivity contribution is -0.142. The van der Waals surface area contributed by atoms with Crippen molar-refractivity contribution in [1.29, 1.82) is 0 Å². The number of ketones is 4. The van der Waals surface area contributed by atoms with Crippen molar-refractivity contribution in [2.75, 3.05) is 37.7 Å². The van der Waals surface area contributed by atoms with Crippen LogP contribution in [-0.2, 0) is 83.2 Å². The summed E-state index contributed by atoms with van der Waals surface area (Å²) in [5, 5.41) is 22.0. The number of fused-ring (bicyclic) bond motifs is 8. The zero-order chi connectivity index (χ0) is 78.1. The Morgan fingerprint density at radius 3 is 1.65 bits per heavy atom. The van der Waals surface area contributed by atoms with E-state index < -0.39 is 155 Å². The first-order valence-electron chi connectivity index (χ1n) is 38.5. The van der Waals surface area contributed by atoms with Gasteiger partial charge in [-0.25, -0.2) is 4.98 Å². The molecule has 3 aromatic carbocycles. The Morgan fingerprint density at radius 1 is 0.482 bits per heavy atom. The molecule has 16 N–H and O–H groups in total. The number of unbranched alkanes of at least 4 members (excludes halogenated alkanes) is 3. The molecule has 0 saturated carbocycles. The molecule has 30 heteroatoms. The molecule has 4 aliphatic rings. The number of benzene rings is 3. The number of allylic oxidation sites excluding steroid dienone is 1. The molecule has 12 atom stereocenters. The Kier molecular flexibility index (Phi) is 31.2. The van der Waals surface area contributed by atoms with Crippen LogP contribution in [-0.4, -0.2) is 187 Å². The maximum atomic E-state index is 15.8. The van der Waals surface area contributed by atoms with E-state index in [2.05, 4.69) is 62.1 Å². The minimum atomic E-state index is -1.48. The second-order valence-corrected chi connectivity index (χ2v) is 31.8. The highest BCUT2D eigenvalue weighted by Crippen LogP contribution is 2.33. The van der Waals surface area contributed by atoms with Gasteiger partial charge in [0, 0.05) is 158 Å². The number of nitrogens with one attached hydrogen (secondary N) is 10. The average molecular weight is 1550 g/mol. The highest BCUT2D eigenvalue weighted by molar-refractivity contribution is 8.76. The summed E-state index contributed by atoms with van der Waals surface area (Å²) < 4.78 is 0. The first-order chi connectivity index (χ1) is 53.3. The van der Waals surface area contributed by atoms with Crippen LogP contribution in [0.15, 0.2) is 121 Å². The van der Waals surface area contributed by atoms with Gasteiger partial charge in [0.25, 0.3) is 0 Å². The molecule has 588 valence electrons. The van der Waals surface area contributed by atoms with Gasteiger partial charge in [0.1, 0.15) is 59.6 Å². The molecule has 3 aromatic heterocycles. The minimum absolute atomic E-state index is 0.00471. The molecule has 3 fully saturated rings. The topological polar surface area (TPSA) is 443 Å². The van der Waals surface area contributed by atoms with Crippen molar-refractivity contribution in [3.8, 4) is 0 Å². The molecule has 2 bridgehead atoms. The molecule has 0 spiro atoms. The lowest BCUT2D eigenvalue weighted by Crippen LogP contribution is -2.61. The van der Waals surface area contributed by atoms with E-state index >= 15 is 43.2 Å². The van der Waals surface area contributed by atoms with Gasteiger partial charge in [-0.1, -0.05) is 108 Å². The summed E-state index contributed by atoms with van der Waals surface area (Å²) in [5.74, 6) is -12.4. The number of carbonyl (C=O) groups is 12. The lowest BCUT2D eigenvalue weighted by Gasteiger charge is -2.31. The Hall–Kier alpha value is -9.62. The van der Waals surface area contributed by atoms with Crippen LogP contribution in [0.4, 0.5) is 0 Å². The van der Waals surface area contributed by atoms with E-state index in [4.69, 9.17) is 17.2 Å². The summed E-state index contributed by atoms with van der Waals surface area (Å²) in [5.41, 5.74) is 22.3. The molecule has 0 unspecified atom stereocenters. The van der Waals surface area contributed by atoms with Crippen LogP contribution >= 0.6 is 21.6 Å². The van der Waals surface area contributed by atoms with E-state index in [1.165, 1.54) is 17.4 Å². The van der Waals surface area contributed by atoms with Crippen molar-refractivity contribution in [3.63, 3.8) is 0 Å². The van der Waals surface area contributed by atoms with Crippen LogP contribution in [0.5, 0.6) is 0 Å². The molecule has 0 aliphatic carbocycles. The third-order valence-corrected chi connectivity index (χ3v) is 23.6. The van der Waals surface area contributed by atoms with E-state index in [1.54, 1.807) is 55.9 Å². The predicted molar refractivity (Wildman–Crippen MR) is 422 cm³/mol. The fourth-order valence-electron chi connectivity index (χ4n) is 14.8. The largest absolute Gasteiger partial charge is 0.361 e. The van der Waals surface area contributed by atoms with Gasteiger partial charge in [-0.3, -0.25) is 62.5 Å². The van der Waals surface area contributed by atoms with Crippen molar-refractivity contribution >= 4 is 120 Å². The summed E-state index contributed by atoms with van der Waals surface area (Å²) >= 11 is 0. The maximum Gasteiger partial charge on any atom is 0.246 e. The second kappa shape index (κ2) is 41.4. The van der Waals surface area contributed by atoms with E-state index in [1.807, 2.05) is 54.6 Å². The van der Waals surface area contributed by atoms with Crippen LogP contribution < -0.4 is 54.4 Å². The number of aromatic nitrogens is 4. The van der Waals surface area contributed by atoms with Crippen molar-refractivity contribution in [3.05, 3.63) is 138 Å². The number of para-hydroxylation sites is 2. The lowest BCUT2D eigenvalue weighted by atomic mass is 9.82. The zero-order valence-electron chi connectivity index (χ0n) is 62.3. The fourth-order valence-corrected chi connectivity index (χ4v) is 17.3. The summed E-state index contributed by atoms with van der Waals surface area (Å²) in [6.45, 7) is 2.44. The fraction of sp³-hybridized carbons (Fsp3) is 0.500. The van der Waals surface area contributed by atoms with Gasteiger partial charge >= 0.3 is 0 Å². The summed E-state index contributed by atoms with van der Waals surface area (Å²) in [7, 11) is 2.23. The first kappa shape index (κ1) is 82.9. The number of rotatable bonds is 22. The molecule has 7 heterocycles. The highest BCUT2D eigenvalue weighted by atomic mass is 33.1. The number of imidazole rings is 1. The summed E-state index contributed by atoms with van der Waals surface area (Å²) in [6.07, 6.45) is 11.7. The molecule has 0 radical (unpaired) electrons. The molecule has 8 amide bonds. The number of carbonyl (C=O) groups excluding carboxylic acids is 12. The summed E-state index contributed by atoms with van der Waals surface area (Å²) in [6, 6.07) is 12.9. The van der Waals surface area contributed by atoms with Gasteiger partial charge < -0.3 is 74.3 Å². The Balaban J connectivity index is 1.09. The normalized spacial score (nSPS) is 25.5. The smallest absolute Gasteiger partial charge is 0.246 e. The number of aromatic amines is 3. The molecule has 10 rings (SSSR count). The van der Waals surface area contributed by atoms with Crippen LogP contribution in [0.25, 0.3) is 21.8 Å². The Labute approximate surface area is 647 Å². The van der Waals surface area contributed by atoms with Gasteiger partial charge in [0.05, 0.1) is 12.4 Å². The number of nitrogens with two attached hydrogens (primary N) is 3. The van der Waals surface area contributed by atoms with E-state index in [0.29, 0.717) is 86.0 Å². The van der Waals surface area contributed by atoms with Gasteiger partial charge in [-0.2, -0.15) is 0 Å². The van der Waals surface area contributed by atoms with E-state index in [0.717, 1.165) is 43.4 Å². The number of hydrogen-bond acceptors (Lipinski definition) is 19. The number of aliphatic imine (C=N–C) groups is 1. The molecule has 4 aliphatic heterocycles. The first-order valence-corrected chi connectivity index (χ1v) is 41.0. The van der Waals surface area contributed by atoms with E-state index in [-0.39, 0.29) is 102 Å². The molecule has 6 aromatic rings. The maximum absolute atomic E-state index is 15.8. The number of H-pyrrole nitrogens is 3. The Bertz CT molecular complexity index is 4260. The second-order valence-electron chi connectivity index (χ2n) is 29.3. The van der Waals surface area contributed by atoms with Crippen molar-refractivity contribution in [2.45, 2.75) is 190 Å². The minimum Gasteiger partial charge on any atom is -0.361 e. The summed E-state index contributed by atoms with van der Waals surface area (Å²) in [4.78, 5) is 203. The predicted octanol–water partition coefficient (Wildman–Crippen LogP) is 4.89. The number of amides is 8. The molecular formula is C80H104N16O12S2. The van der Waals surface area contributed by atoms with Crippen LogP contribution in [0.3, 0.4) is 0 Å². The third-order valence-electron chi connectivity index (χ3n) is 21.1. The zero-order valence-corrected chi connectivity index (χ0v) is 63.9. The van der Waals surface area contributed by atoms with Gasteiger partial charge in [-0.15, -0.1) is 0 Å². The Morgan fingerprint density at radius 2 is 1.03 bits per heavy atom. The molecular weight excluding hydrogens is 1440 g/mol. The van der Waals surface area contributed by atoms with Gasteiger partial charge in [-0.05, 0) is 119 Å². The standard InChI is InChI=1S/C80H104N16O12S2/c1-48-33-70(98)54-39-71(99)51(35-52-42-86-59-23-7-5-21-57(52)59)38-72(100)63(40-55-20-15-31-85-55)91-76(104)64(34-49-17-3-2-4-18-49)92-78(106)66(41-56-44-84-47-88-56)94-79(107)68-27-16-32-96(68)80(108)67(46-110-109-45-54)95-77(105)65(36-53-43-87-60-24-8-6-22-58(53)60)93-75(103)62(26-11-14-30-83)90-74(102)61(25-10-13-29-82)89-73(101)50(37-69(48)97)19-9-12-28-81/h2-8,17-18,20-24,31,42-44,47-48,50-51,54,61-68,86-87H,9-16,19,25-30,32-41,45-46,81-83H2,1H3,(H,84,88)(H,89,101)(H,90,102)(H,91,104)(H,92,106)(H,93,103)(H,94,107)(H,95,105)/t48-,50-,51-,54+,61+,62+,63+,64-,65+,66+,67+,68+/m1/s1. The quantitative estimate of drug-likeness (QED) is 0.0318.